The molecule has 0 aliphatic heterocycles. The highest BCUT2D eigenvalue weighted by Crippen LogP contribution is 2.31. The number of hydrogen-bond acceptors (Lipinski definition) is 1. The summed E-state index contributed by atoms with van der Waals surface area (Å²) in [6.07, 6.45) is 18.3. The first-order valence-corrected chi connectivity index (χ1v) is 10.9. The molecule has 0 radical (unpaired) electrons. The maximum absolute atomic E-state index is 12.0. The Morgan fingerprint density at radius 2 is 1.08 bits per heavy atom. The molecule has 25 heavy (non-hydrogen) atoms. The van der Waals surface area contributed by atoms with E-state index < -0.39 is 11.5 Å². The molecule has 1 N–H and O–H groups in total. The van der Waals surface area contributed by atoms with Crippen LogP contribution in [0.4, 0.5) is 0 Å². The standard InChI is InChI=1S/C22H45NO2/c1-6-8-9-10-11-12-13-14-15-16-17-18-20-22(19-7-2,21(24)25)23(3,4)5/h6-20H2,1-5H3/p+1. The second kappa shape index (κ2) is 13.6. The summed E-state index contributed by atoms with van der Waals surface area (Å²) in [4.78, 5) is 12.0. The second-order valence-electron chi connectivity index (χ2n) is 8.74. The quantitative estimate of drug-likeness (QED) is 0.241. The van der Waals surface area contributed by atoms with Crippen molar-refractivity contribution in [3.8, 4) is 0 Å². The smallest absolute Gasteiger partial charge is 0.365 e. The van der Waals surface area contributed by atoms with E-state index in [9.17, 15) is 9.90 Å². The van der Waals surface area contributed by atoms with Gasteiger partial charge < -0.3 is 9.59 Å². The van der Waals surface area contributed by atoms with Gasteiger partial charge in [-0.2, -0.15) is 0 Å². The predicted molar refractivity (Wildman–Crippen MR) is 109 cm³/mol. The number of rotatable bonds is 17. The summed E-state index contributed by atoms with van der Waals surface area (Å²) in [7, 11) is 6.10. The number of quaternary nitrogens is 1. The number of carbonyl (C=O) groups is 1. The van der Waals surface area contributed by atoms with Gasteiger partial charge >= 0.3 is 5.97 Å². The zero-order chi connectivity index (χ0) is 19.2. The van der Waals surface area contributed by atoms with Gasteiger partial charge in [0.25, 0.3) is 0 Å². The summed E-state index contributed by atoms with van der Waals surface area (Å²) < 4.78 is 0.522. The van der Waals surface area contributed by atoms with Crippen molar-refractivity contribution in [1.29, 1.82) is 0 Å². The van der Waals surface area contributed by atoms with Crippen molar-refractivity contribution in [2.45, 2.75) is 116 Å². The molecule has 0 rings (SSSR count). The lowest BCUT2D eigenvalue weighted by molar-refractivity contribution is -0.915. The Kier molecular flexibility index (Phi) is 13.3. The molecule has 3 heteroatoms. The van der Waals surface area contributed by atoms with E-state index in [0.717, 1.165) is 25.7 Å². The Morgan fingerprint density at radius 1 is 0.680 bits per heavy atom. The van der Waals surface area contributed by atoms with E-state index in [1.165, 1.54) is 70.6 Å². The van der Waals surface area contributed by atoms with Gasteiger partial charge in [0.15, 0.2) is 5.54 Å². The second-order valence-corrected chi connectivity index (χ2v) is 8.74. The van der Waals surface area contributed by atoms with Crippen LogP contribution in [0.2, 0.25) is 0 Å². The summed E-state index contributed by atoms with van der Waals surface area (Å²) in [6.45, 7) is 4.36. The van der Waals surface area contributed by atoms with E-state index in [4.69, 9.17) is 0 Å². The highest BCUT2D eigenvalue weighted by atomic mass is 16.4. The van der Waals surface area contributed by atoms with E-state index in [0.29, 0.717) is 4.48 Å². The SMILES string of the molecule is CCCCCCCCCCCCCCC(CCC)(C(=O)O)[N+](C)(C)C. The van der Waals surface area contributed by atoms with Gasteiger partial charge in [-0.3, -0.25) is 0 Å². The Balaban J connectivity index is 3.88. The van der Waals surface area contributed by atoms with Crippen molar-refractivity contribution < 1.29 is 14.4 Å². The van der Waals surface area contributed by atoms with Gasteiger partial charge in [0.05, 0.1) is 21.1 Å². The van der Waals surface area contributed by atoms with E-state index in [2.05, 4.69) is 13.8 Å². The summed E-state index contributed by atoms with van der Waals surface area (Å²) in [6, 6.07) is 0. The van der Waals surface area contributed by atoms with E-state index in [-0.39, 0.29) is 0 Å². The van der Waals surface area contributed by atoms with Crippen molar-refractivity contribution in [3.05, 3.63) is 0 Å². The van der Waals surface area contributed by atoms with Gasteiger partial charge in [-0.1, -0.05) is 84.5 Å². The van der Waals surface area contributed by atoms with Crippen LogP contribution in [0.25, 0.3) is 0 Å². The molecule has 0 saturated heterocycles. The highest BCUT2D eigenvalue weighted by molar-refractivity contribution is 5.77. The van der Waals surface area contributed by atoms with Gasteiger partial charge in [0.1, 0.15) is 0 Å². The molecule has 0 saturated carbocycles. The molecular formula is C22H46NO2+. The molecule has 1 unspecified atom stereocenters. The Morgan fingerprint density at radius 3 is 1.40 bits per heavy atom. The van der Waals surface area contributed by atoms with Gasteiger partial charge in [-0.05, 0) is 12.8 Å². The highest BCUT2D eigenvalue weighted by Gasteiger charge is 2.48. The van der Waals surface area contributed by atoms with E-state index >= 15 is 0 Å². The van der Waals surface area contributed by atoms with Crippen LogP contribution in [0.3, 0.4) is 0 Å². The predicted octanol–water partition coefficient (Wildman–Crippen LogP) is 6.41. The lowest BCUT2D eigenvalue weighted by atomic mass is 9.84. The molecule has 0 aromatic rings. The molecule has 0 bridgehead atoms. The number of carboxylic acids is 1. The molecule has 0 aromatic carbocycles. The molecule has 1 atom stereocenters. The van der Waals surface area contributed by atoms with Crippen molar-refractivity contribution in [3.63, 3.8) is 0 Å². The lowest BCUT2D eigenvalue weighted by Crippen LogP contribution is -2.61. The Hall–Kier alpha value is -0.570. The Bertz CT molecular complexity index is 335. The monoisotopic (exact) mass is 356 g/mol. The lowest BCUT2D eigenvalue weighted by Gasteiger charge is -2.43. The molecule has 0 spiro atoms. The van der Waals surface area contributed by atoms with Crippen LogP contribution in [-0.4, -0.2) is 42.2 Å². The normalized spacial score (nSPS) is 14.4. The minimum atomic E-state index is -0.620. The fourth-order valence-corrected chi connectivity index (χ4v) is 3.97. The minimum absolute atomic E-state index is 0.522. The number of unbranched alkanes of at least 4 members (excludes halogenated alkanes) is 11. The maximum atomic E-state index is 12.0. The number of aliphatic carboxylic acids is 1. The first kappa shape index (κ1) is 24.4. The number of likely N-dealkylation sites (N-methyl/N-ethyl adjacent to an activating group) is 1. The molecule has 3 nitrogen and oxygen atoms in total. The summed E-state index contributed by atoms with van der Waals surface area (Å²) in [5.41, 5.74) is -0.618. The number of nitrogens with zero attached hydrogens (tertiary/aromatic N) is 1. The third kappa shape index (κ3) is 9.63. The average molecular weight is 357 g/mol. The van der Waals surface area contributed by atoms with Crippen LogP contribution >= 0.6 is 0 Å². The van der Waals surface area contributed by atoms with Gasteiger partial charge in [0.2, 0.25) is 0 Å². The third-order valence-electron chi connectivity index (χ3n) is 5.79. The van der Waals surface area contributed by atoms with Crippen molar-refractivity contribution in [1.82, 2.24) is 0 Å². The van der Waals surface area contributed by atoms with Crippen LogP contribution in [0, 0.1) is 0 Å². The maximum Gasteiger partial charge on any atom is 0.365 e. The summed E-state index contributed by atoms with van der Waals surface area (Å²) in [5, 5.41) is 9.85. The number of hydrogen-bond donors (Lipinski definition) is 1. The van der Waals surface area contributed by atoms with E-state index in [1.54, 1.807) is 0 Å². The fraction of sp³-hybridized carbons (Fsp3) is 0.955. The largest absolute Gasteiger partial charge is 0.477 e. The van der Waals surface area contributed by atoms with Crippen LogP contribution in [-0.2, 0) is 4.79 Å². The van der Waals surface area contributed by atoms with Crippen LogP contribution in [0.1, 0.15) is 110 Å². The molecular weight excluding hydrogens is 310 g/mol. The van der Waals surface area contributed by atoms with Crippen LogP contribution in [0.15, 0.2) is 0 Å². The molecule has 0 aliphatic rings. The van der Waals surface area contributed by atoms with Crippen molar-refractivity contribution >= 4 is 5.97 Å². The molecule has 0 amide bonds. The molecule has 0 heterocycles. The van der Waals surface area contributed by atoms with Crippen molar-refractivity contribution in [2.75, 3.05) is 21.1 Å². The summed E-state index contributed by atoms with van der Waals surface area (Å²) in [5.74, 6) is -0.620. The number of carboxylic acid groups (broad SMARTS) is 1. The topological polar surface area (TPSA) is 37.3 Å². The van der Waals surface area contributed by atoms with Crippen LogP contribution < -0.4 is 0 Å². The zero-order valence-corrected chi connectivity index (χ0v) is 17.9. The third-order valence-corrected chi connectivity index (χ3v) is 5.79. The van der Waals surface area contributed by atoms with Crippen LogP contribution in [0.5, 0.6) is 0 Å². The fourth-order valence-electron chi connectivity index (χ4n) is 3.97. The molecule has 0 fully saturated rings. The van der Waals surface area contributed by atoms with Gasteiger partial charge in [-0.15, -0.1) is 0 Å². The van der Waals surface area contributed by atoms with Gasteiger partial charge in [0, 0.05) is 12.8 Å². The van der Waals surface area contributed by atoms with Gasteiger partial charge in [-0.25, -0.2) is 4.79 Å². The molecule has 0 aromatic heterocycles. The molecule has 0 aliphatic carbocycles. The first-order valence-electron chi connectivity index (χ1n) is 10.9. The summed E-state index contributed by atoms with van der Waals surface area (Å²) >= 11 is 0. The minimum Gasteiger partial charge on any atom is -0.477 e. The average Bonchev–Trinajstić information content (AvgIpc) is 2.53. The van der Waals surface area contributed by atoms with Crippen molar-refractivity contribution in [2.24, 2.45) is 0 Å². The van der Waals surface area contributed by atoms with E-state index in [1.807, 2.05) is 21.1 Å². The molecule has 150 valence electrons. The Labute approximate surface area is 157 Å². The first-order chi connectivity index (χ1) is 11.8. The zero-order valence-electron chi connectivity index (χ0n) is 17.9.